The second-order valence-corrected chi connectivity index (χ2v) is 8.96. The summed E-state index contributed by atoms with van der Waals surface area (Å²) in [4.78, 5) is 26.2. The SMILES string of the molecule is CCOCc1nc2c(N)nc3ccccc3c2n1CCOCCOCCC(F)(F)P(=O)(O)O. The Morgan fingerprint density at radius 1 is 1.09 bits per heavy atom. The Labute approximate surface area is 188 Å². The molecule has 0 unspecified atom stereocenters. The highest BCUT2D eigenvalue weighted by Gasteiger charge is 2.47. The predicted octanol–water partition coefficient (Wildman–Crippen LogP) is 2.90. The number of fused-ring (bicyclic) bond motifs is 3. The van der Waals surface area contributed by atoms with E-state index in [2.05, 4.69) is 9.97 Å². The topological polar surface area (TPSA) is 142 Å². The van der Waals surface area contributed by atoms with E-state index in [9.17, 15) is 13.3 Å². The molecule has 0 spiro atoms. The maximum Gasteiger partial charge on any atom is 0.394 e. The molecule has 4 N–H and O–H groups in total. The minimum atomic E-state index is -5.49. The summed E-state index contributed by atoms with van der Waals surface area (Å²) in [6.45, 7) is 3.04. The van der Waals surface area contributed by atoms with Crippen LogP contribution in [0.5, 0.6) is 0 Å². The molecule has 0 saturated carbocycles. The van der Waals surface area contributed by atoms with Gasteiger partial charge >= 0.3 is 13.3 Å². The second-order valence-electron chi connectivity index (χ2n) is 7.21. The molecule has 10 nitrogen and oxygen atoms in total. The van der Waals surface area contributed by atoms with Crippen molar-refractivity contribution in [3.05, 3.63) is 30.1 Å². The van der Waals surface area contributed by atoms with Crippen molar-refractivity contribution in [3.8, 4) is 0 Å². The molecular weight excluding hydrogens is 461 g/mol. The number of alkyl halides is 2. The molecule has 33 heavy (non-hydrogen) atoms. The van der Waals surface area contributed by atoms with E-state index in [0.717, 1.165) is 16.4 Å². The first-order valence-electron chi connectivity index (χ1n) is 10.4. The summed E-state index contributed by atoms with van der Waals surface area (Å²) in [6.07, 6.45) is -1.07. The molecule has 13 heteroatoms. The number of rotatable bonds is 13. The van der Waals surface area contributed by atoms with Crippen LogP contribution in [0.3, 0.4) is 0 Å². The van der Waals surface area contributed by atoms with Gasteiger partial charge in [-0.25, -0.2) is 9.97 Å². The molecule has 0 saturated heterocycles. The minimum absolute atomic E-state index is 0.00746. The lowest BCUT2D eigenvalue weighted by molar-refractivity contribution is -0.00191. The summed E-state index contributed by atoms with van der Waals surface area (Å²) in [5.74, 6) is 0.998. The van der Waals surface area contributed by atoms with Gasteiger partial charge in [0.05, 0.1) is 37.5 Å². The van der Waals surface area contributed by atoms with Gasteiger partial charge < -0.3 is 34.3 Å². The average Bonchev–Trinajstić information content (AvgIpc) is 3.12. The molecule has 0 radical (unpaired) electrons. The van der Waals surface area contributed by atoms with Gasteiger partial charge in [-0.15, -0.1) is 0 Å². The van der Waals surface area contributed by atoms with E-state index in [1.807, 2.05) is 35.8 Å². The maximum absolute atomic E-state index is 13.2. The van der Waals surface area contributed by atoms with Gasteiger partial charge in [-0.3, -0.25) is 4.57 Å². The summed E-state index contributed by atoms with van der Waals surface area (Å²) in [6, 6.07) is 7.59. The zero-order chi connectivity index (χ0) is 24.1. The quantitative estimate of drug-likeness (QED) is 0.244. The highest BCUT2D eigenvalue weighted by Crippen LogP contribution is 2.54. The van der Waals surface area contributed by atoms with Crippen LogP contribution in [-0.4, -0.2) is 63.0 Å². The summed E-state index contributed by atoms with van der Waals surface area (Å²) in [5.41, 5.74) is 4.18. The lowest BCUT2D eigenvalue weighted by Gasteiger charge is -2.17. The lowest BCUT2D eigenvalue weighted by Crippen LogP contribution is -2.20. The van der Waals surface area contributed by atoms with Crippen LogP contribution in [0.1, 0.15) is 19.2 Å². The number of imidazole rings is 1. The van der Waals surface area contributed by atoms with Gasteiger partial charge in [0.2, 0.25) is 0 Å². The number of benzene rings is 1. The van der Waals surface area contributed by atoms with Crippen LogP contribution in [0, 0.1) is 0 Å². The van der Waals surface area contributed by atoms with Gasteiger partial charge in [-0.05, 0) is 13.0 Å². The van der Waals surface area contributed by atoms with Crippen molar-refractivity contribution in [2.45, 2.75) is 32.2 Å². The van der Waals surface area contributed by atoms with E-state index in [0.29, 0.717) is 30.3 Å². The molecule has 0 atom stereocenters. The third-order valence-electron chi connectivity index (χ3n) is 4.93. The number of nitrogens with two attached hydrogens (primary N) is 1. The first kappa shape index (κ1) is 25.4. The molecule has 0 amide bonds. The first-order valence-corrected chi connectivity index (χ1v) is 12.0. The van der Waals surface area contributed by atoms with Crippen molar-refractivity contribution in [1.29, 1.82) is 0 Å². The van der Waals surface area contributed by atoms with Crippen LogP contribution >= 0.6 is 7.60 Å². The number of hydrogen-bond acceptors (Lipinski definition) is 7. The van der Waals surface area contributed by atoms with Crippen LogP contribution < -0.4 is 5.73 Å². The Hall–Kier alpha value is -2.21. The molecule has 0 aliphatic rings. The number of anilines is 1. The molecule has 1 aromatic carbocycles. The van der Waals surface area contributed by atoms with Gasteiger partial charge in [0.15, 0.2) is 5.82 Å². The van der Waals surface area contributed by atoms with E-state index in [4.69, 9.17) is 29.7 Å². The normalized spacial score (nSPS) is 12.8. The van der Waals surface area contributed by atoms with Crippen molar-refractivity contribution < 1.29 is 37.3 Å². The molecule has 3 aromatic rings. The molecule has 2 heterocycles. The fraction of sp³-hybridized carbons (Fsp3) is 0.500. The van der Waals surface area contributed by atoms with Crippen LogP contribution in [0.15, 0.2) is 24.3 Å². The highest BCUT2D eigenvalue weighted by molar-refractivity contribution is 7.53. The van der Waals surface area contributed by atoms with E-state index >= 15 is 0 Å². The number of para-hydroxylation sites is 1. The van der Waals surface area contributed by atoms with Crippen LogP contribution in [0.2, 0.25) is 0 Å². The molecule has 0 fully saturated rings. The fourth-order valence-corrected chi connectivity index (χ4v) is 3.65. The zero-order valence-electron chi connectivity index (χ0n) is 18.1. The van der Waals surface area contributed by atoms with Gasteiger partial charge in [0.1, 0.15) is 17.9 Å². The smallest absolute Gasteiger partial charge is 0.382 e. The van der Waals surface area contributed by atoms with Crippen molar-refractivity contribution in [2.75, 3.05) is 38.8 Å². The van der Waals surface area contributed by atoms with Gasteiger partial charge in [0, 0.05) is 25.0 Å². The summed E-state index contributed by atoms with van der Waals surface area (Å²) >= 11 is 0. The van der Waals surface area contributed by atoms with Crippen molar-refractivity contribution in [1.82, 2.24) is 14.5 Å². The van der Waals surface area contributed by atoms with Gasteiger partial charge in [-0.1, -0.05) is 18.2 Å². The number of pyridine rings is 1. The van der Waals surface area contributed by atoms with E-state index < -0.39 is 26.3 Å². The molecule has 3 rings (SSSR count). The van der Waals surface area contributed by atoms with Crippen molar-refractivity contribution in [2.24, 2.45) is 0 Å². The number of nitrogens with zero attached hydrogens (tertiary/aromatic N) is 3. The number of aromatic nitrogens is 3. The summed E-state index contributed by atoms with van der Waals surface area (Å²) in [7, 11) is -5.49. The van der Waals surface area contributed by atoms with Gasteiger partial charge in [-0.2, -0.15) is 8.78 Å². The highest BCUT2D eigenvalue weighted by atomic mass is 31.2. The fourth-order valence-electron chi connectivity index (χ4n) is 3.27. The Kier molecular flexibility index (Phi) is 8.33. The monoisotopic (exact) mass is 488 g/mol. The van der Waals surface area contributed by atoms with Gasteiger partial charge in [0.25, 0.3) is 0 Å². The molecule has 0 bridgehead atoms. The lowest BCUT2D eigenvalue weighted by atomic mass is 10.2. The number of ether oxygens (including phenoxy) is 3. The van der Waals surface area contributed by atoms with E-state index in [-0.39, 0.29) is 26.4 Å². The van der Waals surface area contributed by atoms with Crippen LogP contribution in [0.4, 0.5) is 14.6 Å². The Morgan fingerprint density at radius 2 is 1.79 bits per heavy atom. The molecule has 0 aliphatic heterocycles. The zero-order valence-corrected chi connectivity index (χ0v) is 19.0. The second kappa shape index (κ2) is 10.8. The third kappa shape index (κ3) is 6.03. The number of halogens is 2. The van der Waals surface area contributed by atoms with Crippen molar-refractivity contribution in [3.63, 3.8) is 0 Å². The third-order valence-corrected chi connectivity index (χ3v) is 6.01. The van der Waals surface area contributed by atoms with E-state index in [1.165, 1.54) is 0 Å². The molecule has 182 valence electrons. The predicted molar refractivity (Wildman–Crippen MR) is 118 cm³/mol. The maximum atomic E-state index is 13.2. The largest absolute Gasteiger partial charge is 0.394 e. The standard InChI is InChI=1S/C20H27F2N4O6P/c1-2-30-13-16-25-17-18(14-5-3-4-6-15(14)24-19(17)23)26(16)8-10-32-12-11-31-9-7-20(21,22)33(27,28)29/h3-6H,2,7-13H2,1H3,(H2,23,24)(H2,27,28,29). The first-order chi connectivity index (χ1) is 15.7. The number of hydrogen-bond donors (Lipinski definition) is 3. The Balaban J connectivity index is 1.61. The van der Waals surface area contributed by atoms with Crippen LogP contribution in [-0.2, 0) is 31.9 Å². The van der Waals surface area contributed by atoms with E-state index in [1.54, 1.807) is 0 Å². The average molecular weight is 488 g/mol. The van der Waals surface area contributed by atoms with Crippen molar-refractivity contribution >= 4 is 35.3 Å². The Morgan fingerprint density at radius 3 is 2.48 bits per heavy atom. The molecule has 2 aromatic heterocycles. The van der Waals surface area contributed by atoms with Crippen LogP contribution in [0.25, 0.3) is 21.9 Å². The molecule has 0 aliphatic carbocycles. The Bertz CT molecular complexity index is 1140. The summed E-state index contributed by atoms with van der Waals surface area (Å²) < 4.78 is 55.2. The minimum Gasteiger partial charge on any atom is -0.382 e. The molecular formula is C20H27F2N4O6P. The number of nitrogen functional groups attached to an aromatic ring is 1. The summed E-state index contributed by atoms with van der Waals surface area (Å²) in [5, 5.41) is 0.895.